The van der Waals surface area contributed by atoms with Crippen LogP contribution in [0.2, 0.25) is 0 Å². The van der Waals surface area contributed by atoms with Crippen LogP contribution in [0.5, 0.6) is 0 Å². The third-order valence-corrected chi connectivity index (χ3v) is 0.436. The molecular weight excluding hydrogens is 82.0 g/mol. The van der Waals surface area contributed by atoms with Crippen molar-refractivity contribution >= 4 is 6.41 Å². The van der Waals surface area contributed by atoms with E-state index >= 15 is 0 Å². The van der Waals surface area contributed by atoms with Crippen LogP contribution in [-0.2, 0) is 9.63 Å². The summed E-state index contributed by atoms with van der Waals surface area (Å²) in [6, 6.07) is 0. The first kappa shape index (κ1) is 5.59. The summed E-state index contributed by atoms with van der Waals surface area (Å²) < 4.78 is 0. The molecule has 0 aliphatic heterocycles. The van der Waals surface area contributed by atoms with Gasteiger partial charge in [0, 0.05) is 0 Å². The maximum Gasteiger partial charge on any atom is 0.385 e. The average Bonchev–Trinajstić information content (AvgIpc) is 1.65. The Morgan fingerprint density at radius 3 is 2.33 bits per heavy atom. The maximum atomic E-state index is 9.54. The van der Waals surface area contributed by atoms with Gasteiger partial charge >= 0.3 is 6.41 Å². The zero-order valence-corrected chi connectivity index (χ0v) is 3.84. The van der Waals surface area contributed by atoms with Gasteiger partial charge < -0.3 is 0 Å². The standard InChI is InChI=1S/C3H7NO2/c1-4(3-5)6-2/h3H,1-2H3/q+1. The van der Waals surface area contributed by atoms with Crippen molar-refractivity contribution in [2.75, 3.05) is 14.2 Å². The van der Waals surface area contributed by atoms with E-state index in [0.29, 0.717) is 6.41 Å². The molecule has 3 heteroatoms. The predicted molar refractivity (Wildman–Crippen MR) is 21.1 cm³/mol. The van der Waals surface area contributed by atoms with Crippen LogP contribution in [0.25, 0.3) is 0 Å². The van der Waals surface area contributed by atoms with Gasteiger partial charge in [0.15, 0.2) is 7.05 Å². The topological polar surface area (TPSA) is 32.2 Å². The number of hydroxylamine groups is 2. The normalized spacial score (nSPS) is 9.17. The fourth-order valence-corrected chi connectivity index (χ4v) is 0.0430. The second kappa shape index (κ2) is 2.81. The van der Waals surface area contributed by atoms with E-state index in [4.69, 9.17) is 0 Å². The second-order valence-corrected chi connectivity index (χ2v) is 0.834. The third-order valence-electron chi connectivity index (χ3n) is 0.436. The van der Waals surface area contributed by atoms with Crippen molar-refractivity contribution in [2.24, 2.45) is 0 Å². The lowest BCUT2D eigenvalue weighted by molar-refractivity contribution is -0.130. The van der Waals surface area contributed by atoms with Crippen molar-refractivity contribution in [1.82, 2.24) is 5.06 Å². The summed E-state index contributed by atoms with van der Waals surface area (Å²) >= 11 is 0. The quantitative estimate of drug-likeness (QED) is 0.259. The van der Waals surface area contributed by atoms with Crippen molar-refractivity contribution in [3.05, 3.63) is 0 Å². The molecule has 0 aromatic carbocycles. The van der Waals surface area contributed by atoms with Gasteiger partial charge in [0.25, 0.3) is 0 Å². The molecule has 0 rings (SSSR count). The molecule has 0 spiro atoms. The Bertz CT molecular complexity index is 46.1. The van der Waals surface area contributed by atoms with Crippen molar-refractivity contribution in [3.63, 3.8) is 0 Å². The monoisotopic (exact) mass is 89.0 g/mol. The summed E-state index contributed by atoms with van der Waals surface area (Å²) in [5, 5.41) is 1.07. The van der Waals surface area contributed by atoms with Gasteiger partial charge in [-0.3, -0.25) is 0 Å². The molecule has 0 N–H and O–H groups in total. The first-order chi connectivity index (χ1) is 2.81. The number of hydrogen-bond donors (Lipinski definition) is 0. The molecular formula is C3H7NO2+. The van der Waals surface area contributed by atoms with Gasteiger partial charge in [-0.2, -0.15) is 0 Å². The zero-order valence-electron chi connectivity index (χ0n) is 3.84. The Morgan fingerprint density at radius 2 is 2.33 bits per heavy atom. The van der Waals surface area contributed by atoms with E-state index in [0.717, 1.165) is 5.06 Å². The summed E-state index contributed by atoms with van der Waals surface area (Å²) in [5.41, 5.74) is 0. The Labute approximate surface area is 36.5 Å². The van der Waals surface area contributed by atoms with Gasteiger partial charge in [0.1, 0.15) is 7.11 Å². The first-order valence-electron chi connectivity index (χ1n) is 1.53. The Balaban J connectivity index is 2.96. The highest BCUT2D eigenvalue weighted by atomic mass is 16.7. The van der Waals surface area contributed by atoms with E-state index in [-0.39, 0.29) is 0 Å². The summed E-state index contributed by atoms with van der Waals surface area (Å²) in [6.07, 6.45) is 0.583. The maximum absolute atomic E-state index is 9.54. The van der Waals surface area contributed by atoms with Crippen molar-refractivity contribution in [3.8, 4) is 0 Å². The fraction of sp³-hybridized carbons (Fsp3) is 0.667. The number of carbonyl (C=O) groups excluding carboxylic acids is 1. The van der Waals surface area contributed by atoms with Gasteiger partial charge in [-0.25, -0.2) is 4.79 Å². The summed E-state index contributed by atoms with van der Waals surface area (Å²) in [6.45, 7) is 0. The van der Waals surface area contributed by atoms with E-state index in [1.54, 1.807) is 0 Å². The molecule has 0 aromatic rings. The Hall–Kier alpha value is -0.410. The Kier molecular flexibility index (Phi) is 2.62. The number of rotatable bonds is 2. The summed E-state index contributed by atoms with van der Waals surface area (Å²) in [4.78, 5) is 13.9. The molecule has 6 heavy (non-hydrogen) atoms. The molecule has 0 aromatic heterocycles. The molecule has 1 radical (unpaired) electrons. The molecule has 0 aliphatic carbocycles. The smallest absolute Gasteiger partial charge is 0.224 e. The average molecular weight is 89.1 g/mol. The second-order valence-electron chi connectivity index (χ2n) is 0.834. The number of hydrogen-bond acceptors (Lipinski definition) is 2. The molecule has 3 nitrogen and oxygen atoms in total. The van der Waals surface area contributed by atoms with Gasteiger partial charge in [-0.05, 0) is 0 Å². The number of carbonyl (C=O) groups is 1. The van der Waals surface area contributed by atoms with E-state index in [1.165, 1.54) is 14.2 Å². The first-order valence-corrected chi connectivity index (χ1v) is 1.53. The molecule has 0 heterocycles. The number of amides is 1. The predicted octanol–water partition coefficient (Wildman–Crippen LogP) is -0.526. The van der Waals surface area contributed by atoms with Crippen LogP contribution in [-0.4, -0.2) is 20.6 Å². The molecule has 0 atom stereocenters. The molecule has 0 unspecified atom stereocenters. The number of nitrogens with zero attached hydrogens (tertiary/aromatic N) is 1. The molecule has 35 valence electrons. The molecule has 0 fully saturated rings. The highest BCUT2D eigenvalue weighted by molar-refractivity contribution is 5.47. The highest BCUT2D eigenvalue weighted by Crippen LogP contribution is 1.60. The lowest BCUT2D eigenvalue weighted by Gasteiger charge is -1.83. The van der Waals surface area contributed by atoms with Crippen LogP contribution in [0.15, 0.2) is 0 Å². The van der Waals surface area contributed by atoms with Gasteiger partial charge in [-0.1, -0.05) is 0 Å². The minimum Gasteiger partial charge on any atom is -0.224 e. The molecule has 0 saturated heterocycles. The van der Waals surface area contributed by atoms with Gasteiger partial charge in [0.2, 0.25) is 0 Å². The van der Waals surface area contributed by atoms with E-state index in [9.17, 15) is 4.79 Å². The highest BCUT2D eigenvalue weighted by Gasteiger charge is 1.98. The van der Waals surface area contributed by atoms with E-state index in [1.807, 2.05) is 0 Å². The van der Waals surface area contributed by atoms with Crippen LogP contribution in [0, 0.1) is 0 Å². The van der Waals surface area contributed by atoms with Gasteiger partial charge in [0.05, 0.1) is 5.06 Å². The van der Waals surface area contributed by atoms with Crippen molar-refractivity contribution < 1.29 is 9.63 Å². The van der Waals surface area contributed by atoms with Gasteiger partial charge in [-0.15, -0.1) is 4.84 Å². The molecule has 0 aliphatic rings. The van der Waals surface area contributed by atoms with Crippen LogP contribution in [0.4, 0.5) is 0 Å². The minimum absolute atomic E-state index is 0.583. The van der Waals surface area contributed by atoms with Crippen LogP contribution in [0.1, 0.15) is 0 Å². The summed E-state index contributed by atoms with van der Waals surface area (Å²) in [5.74, 6) is 0. The fourth-order valence-electron chi connectivity index (χ4n) is 0.0430. The van der Waals surface area contributed by atoms with Crippen LogP contribution < -0.4 is 5.06 Å². The van der Waals surface area contributed by atoms with Crippen molar-refractivity contribution in [1.29, 1.82) is 0 Å². The minimum atomic E-state index is 0.583. The van der Waals surface area contributed by atoms with E-state index in [2.05, 4.69) is 4.84 Å². The Morgan fingerprint density at radius 1 is 1.83 bits per heavy atom. The van der Waals surface area contributed by atoms with E-state index < -0.39 is 0 Å². The van der Waals surface area contributed by atoms with Crippen molar-refractivity contribution in [2.45, 2.75) is 0 Å². The summed E-state index contributed by atoms with van der Waals surface area (Å²) in [7, 11) is 2.95. The molecule has 1 amide bonds. The SMILES string of the molecule is CO[N+](C)C=O. The largest absolute Gasteiger partial charge is 0.385 e. The lowest BCUT2D eigenvalue weighted by Crippen LogP contribution is -2.19. The van der Waals surface area contributed by atoms with Crippen LogP contribution >= 0.6 is 0 Å². The lowest BCUT2D eigenvalue weighted by atomic mass is 11.2. The van der Waals surface area contributed by atoms with Crippen LogP contribution in [0.3, 0.4) is 0 Å². The zero-order chi connectivity index (χ0) is 4.99. The molecule has 0 saturated carbocycles. The third kappa shape index (κ3) is 1.87. The molecule has 0 bridgehead atoms.